The largest absolute Gasteiger partial charge is 0.497 e. The Balaban J connectivity index is 1.87. The molecule has 1 saturated heterocycles. The summed E-state index contributed by atoms with van der Waals surface area (Å²) in [5, 5.41) is 3.98. The van der Waals surface area contributed by atoms with Crippen molar-refractivity contribution in [3.63, 3.8) is 0 Å². The SMILES string of the molecule is COc1ccnc(-c2nc([C@H]3CCOC3)no2)c1. The Kier molecular flexibility index (Phi) is 2.93. The minimum atomic E-state index is 0.230. The predicted octanol–water partition coefficient (Wildman–Crippen LogP) is 1.64. The maximum Gasteiger partial charge on any atom is 0.276 e. The molecule has 2 aromatic rings. The molecule has 3 heterocycles. The molecule has 1 aliphatic rings. The van der Waals surface area contributed by atoms with Crippen molar-refractivity contribution in [1.29, 1.82) is 0 Å². The molecule has 0 bridgehead atoms. The van der Waals surface area contributed by atoms with E-state index in [0.717, 1.165) is 13.0 Å². The highest BCUT2D eigenvalue weighted by molar-refractivity contribution is 5.49. The second-order valence-corrected chi connectivity index (χ2v) is 4.10. The lowest BCUT2D eigenvalue weighted by Gasteiger charge is -1.99. The molecule has 0 aromatic carbocycles. The zero-order valence-electron chi connectivity index (χ0n) is 10.00. The van der Waals surface area contributed by atoms with Crippen molar-refractivity contribution in [2.45, 2.75) is 12.3 Å². The quantitative estimate of drug-likeness (QED) is 0.821. The van der Waals surface area contributed by atoms with Crippen molar-refractivity contribution in [2.75, 3.05) is 20.3 Å². The van der Waals surface area contributed by atoms with Crippen molar-refractivity contribution in [3.8, 4) is 17.3 Å². The van der Waals surface area contributed by atoms with Gasteiger partial charge in [0.2, 0.25) is 0 Å². The van der Waals surface area contributed by atoms with Crippen molar-refractivity contribution in [3.05, 3.63) is 24.2 Å². The molecule has 0 saturated carbocycles. The molecular weight excluding hydrogens is 234 g/mol. The molecule has 0 aliphatic carbocycles. The Labute approximate surface area is 104 Å². The molecule has 3 rings (SSSR count). The van der Waals surface area contributed by atoms with Gasteiger partial charge in [0.05, 0.1) is 13.7 Å². The Bertz CT molecular complexity index is 535. The van der Waals surface area contributed by atoms with Crippen molar-refractivity contribution < 1.29 is 14.0 Å². The lowest BCUT2D eigenvalue weighted by atomic mass is 10.1. The van der Waals surface area contributed by atoms with Gasteiger partial charge in [-0.1, -0.05) is 5.16 Å². The van der Waals surface area contributed by atoms with Crippen LogP contribution in [0.25, 0.3) is 11.6 Å². The lowest BCUT2D eigenvalue weighted by Crippen LogP contribution is -1.99. The van der Waals surface area contributed by atoms with Gasteiger partial charge < -0.3 is 14.0 Å². The van der Waals surface area contributed by atoms with Crippen LogP contribution in [0.15, 0.2) is 22.9 Å². The second kappa shape index (κ2) is 4.73. The molecule has 2 aromatic heterocycles. The minimum Gasteiger partial charge on any atom is -0.497 e. The Hall–Kier alpha value is -1.95. The van der Waals surface area contributed by atoms with Crippen LogP contribution in [0, 0.1) is 0 Å². The summed E-state index contributed by atoms with van der Waals surface area (Å²) >= 11 is 0. The third kappa shape index (κ3) is 2.06. The van der Waals surface area contributed by atoms with Gasteiger partial charge in [0.25, 0.3) is 5.89 Å². The Morgan fingerprint density at radius 1 is 1.44 bits per heavy atom. The van der Waals surface area contributed by atoms with Gasteiger partial charge in [-0.15, -0.1) is 0 Å². The van der Waals surface area contributed by atoms with E-state index >= 15 is 0 Å². The van der Waals surface area contributed by atoms with Crippen molar-refractivity contribution in [1.82, 2.24) is 15.1 Å². The molecule has 0 unspecified atom stereocenters. The third-order valence-electron chi connectivity index (χ3n) is 2.92. The zero-order chi connectivity index (χ0) is 12.4. The molecule has 1 aliphatic heterocycles. The predicted molar refractivity (Wildman–Crippen MR) is 62.3 cm³/mol. The van der Waals surface area contributed by atoms with Crippen LogP contribution in [0.2, 0.25) is 0 Å². The number of hydrogen-bond donors (Lipinski definition) is 0. The third-order valence-corrected chi connectivity index (χ3v) is 2.92. The van der Waals surface area contributed by atoms with E-state index in [9.17, 15) is 0 Å². The Morgan fingerprint density at radius 3 is 3.17 bits per heavy atom. The summed E-state index contributed by atoms with van der Waals surface area (Å²) in [6.07, 6.45) is 2.58. The van der Waals surface area contributed by atoms with Gasteiger partial charge >= 0.3 is 0 Å². The molecule has 0 amide bonds. The number of nitrogens with zero attached hydrogens (tertiary/aromatic N) is 3. The van der Waals surface area contributed by atoms with Crippen LogP contribution in [-0.4, -0.2) is 35.4 Å². The van der Waals surface area contributed by atoms with Gasteiger partial charge in [0.15, 0.2) is 5.82 Å². The molecule has 0 spiro atoms. The van der Waals surface area contributed by atoms with Gasteiger partial charge in [0.1, 0.15) is 11.4 Å². The van der Waals surface area contributed by atoms with Gasteiger partial charge in [-0.05, 0) is 12.5 Å². The topological polar surface area (TPSA) is 70.3 Å². The normalized spacial score (nSPS) is 19.1. The fourth-order valence-corrected chi connectivity index (χ4v) is 1.90. The van der Waals surface area contributed by atoms with Crippen molar-refractivity contribution in [2.24, 2.45) is 0 Å². The number of rotatable bonds is 3. The van der Waals surface area contributed by atoms with E-state index in [1.54, 1.807) is 25.4 Å². The van der Waals surface area contributed by atoms with E-state index in [1.165, 1.54) is 0 Å². The fraction of sp³-hybridized carbons (Fsp3) is 0.417. The van der Waals surface area contributed by atoms with Gasteiger partial charge in [0, 0.05) is 24.8 Å². The van der Waals surface area contributed by atoms with Crippen LogP contribution in [-0.2, 0) is 4.74 Å². The molecule has 94 valence electrons. The highest BCUT2D eigenvalue weighted by Gasteiger charge is 2.23. The highest BCUT2D eigenvalue weighted by Crippen LogP contribution is 2.25. The van der Waals surface area contributed by atoms with Crippen LogP contribution < -0.4 is 4.74 Å². The molecule has 1 atom stereocenters. The Morgan fingerprint density at radius 2 is 2.39 bits per heavy atom. The van der Waals surface area contributed by atoms with Gasteiger partial charge in [-0.25, -0.2) is 0 Å². The average Bonchev–Trinajstić information content (AvgIpc) is 3.09. The molecular formula is C12H13N3O3. The van der Waals surface area contributed by atoms with E-state index < -0.39 is 0 Å². The molecule has 0 N–H and O–H groups in total. The van der Waals surface area contributed by atoms with E-state index in [1.807, 2.05) is 0 Å². The summed E-state index contributed by atoms with van der Waals surface area (Å²) < 4.78 is 15.7. The number of pyridine rings is 1. The molecule has 6 heteroatoms. The van der Waals surface area contributed by atoms with Crippen LogP contribution in [0.4, 0.5) is 0 Å². The zero-order valence-corrected chi connectivity index (χ0v) is 10.00. The first-order valence-corrected chi connectivity index (χ1v) is 5.78. The number of ether oxygens (including phenoxy) is 2. The minimum absolute atomic E-state index is 0.230. The first-order chi connectivity index (χ1) is 8.86. The van der Waals surface area contributed by atoms with Crippen molar-refractivity contribution >= 4 is 0 Å². The average molecular weight is 247 g/mol. The summed E-state index contributed by atoms with van der Waals surface area (Å²) in [6.45, 7) is 1.41. The number of aromatic nitrogens is 3. The fourth-order valence-electron chi connectivity index (χ4n) is 1.90. The molecule has 1 fully saturated rings. The standard InChI is InChI=1S/C12H13N3O3/c1-16-9-2-4-13-10(6-9)12-14-11(15-18-12)8-3-5-17-7-8/h2,4,6,8H,3,5,7H2,1H3/t8-/m0/s1. The first kappa shape index (κ1) is 11.2. The summed E-state index contributed by atoms with van der Waals surface area (Å²) in [5.74, 6) is 2.04. The molecule has 18 heavy (non-hydrogen) atoms. The smallest absolute Gasteiger partial charge is 0.276 e. The van der Waals surface area contributed by atoms with E-state index in [-0.39, 0.29) is 5.92 Å². The van der Waals surface area contributed by atoms with Crippen LogP contribution in [0.3, 0.4) is 0 Å². The van der Waals surface area contributed by atoms with E-state index in [0.29, 0.717) is 29.8 Å². The first-order valence-electron chi connectivity index (χ1n) is 5.78. The number of hydrogen-bond acceptors (Lipinski definition) is 6. The van der Waals surface area contributed by atoms with Crippen LogP contribution in [0.5, 0.6) is 5.75 Å². The molecule has 6 nitrogen and oxygen atoms in total. The summed E-state index contributed by atoms with van der Waals surface area (Å²) in [7, 11) is 1.61. The maximum absolute atomic E-state index is 5.31. The summed E-state index contributed by atoms with van der Waals surface area (Å²) in [6, 6.07) is 3.54. The van der Waals surface area contributed by atoms with Gasteiger partial charge in [-0.3, -0.25) is 4.98 Å². The summed E-state index contributed by atoms with van der Waals surface area (Å²) in [5.41, 5.74) is 0.618. The van der Waals surface area contributed by atoms with E-state index in [4.69, 9.17) is 14.0 Å². The van der Waals surface area contributed by atoms with Crippen LogP contribution >= 0.6 is 0 Å². The second-order valence-electron chi connectivity index (χ2n) is 4.10. The van der Waals surface area contributed by atoms with Gasteiger partial charge in [-0.2, -0.15) is 4.98 Å². The monoisotopic (exact) mass is 247 g/mol. The maximum atomic E-state index is 5.31. The van der Waals surface area contributed by atoms with Crippen LogP contribution in [0.1, 0.15) is 18.2 Å². The number of methoxy groups -OCH3 is 1. The summed E-state index contributed by atoms with van der Waals surface area (Å²) in [4.78, 5) is 8.55. The highest BCUT2D eigenvalue weighted by atomic mass is 16.5. The van der Waals surface area contributed by atoms with E-state index in [2.05, 4.69) is 15.1 Å². The lowest BCUT2D eigenvalue weighted by molar-refractivity contribution is 0.192. The molecule has 0 radical (unpaired) electrons.